The first kappa shape index (κ1) is 11.9. The fourth-order valence-electron chi connectivity index (χ4n) is 1.78. The van der Waals surface area contributed by atoms with Crippen LogP contribution in [0.1, 0.15) is 26.2 Å². The van der Waals surface area contributed by atoms with E-state index in [2.05, 4.69) is 6.92 Å². The van der Waals surface area contributed by atoms with E-state index in [0.717, 1.165) is 31.6 Å². The van der Waals surface area contributed by atoms with E-state index in [1.54, 1.807) is 11.8 Å². The molecule has 0 aromatic heterocycles. The maximum Gasteiger partial charge on any atom is 0.238 e. The molecular weight excluding hydrogens is 196 g/mol. The van der Waals surface area contributed by atoms with Crippen LogP contribution in [0, 0.1) is 0 Å². The average Bonchev–Trinajstić information content (AvgIpc) is 2.61. The maximum absolute atomic E-state index is 12.0. The van der Waals surface area contributed by atoms with Crippen LogP contribution < -0.4 is 5.73 Å². The van der Waals surface area contributed by atoms with Crippen LogP contribution in [0.5, 0.6) is 0 Å². The number of carbonyl (C=O) groups is 1. The summed E-state index contributed by atoms with van der Waals surface area (Å²) in [4.78, 5) is 13.9. The van der Waals surface area contributed by atoms with Crippen molar-refractivity contribution in [2.75, 3.05) is 25.9 Å². The van der Waals surface area contributed by atoms with Crippen LogP contribution in [-0.2, 0) is 4.79 Å². The summed E-state index contributed by atoms with van der Waals surface area (Å²) in [6.45, 7) is 3.50. The summed E-state index contributed by atoms with van der Waals surface area (Å²) in [7, 11) is 1.88. The zero-order chi connectivity index (χ0) is 10.6. The van der Waals surface area contributed by atoms with E-state index in [9.17, 15) is 4.79 Å². The van der Waals surface area contributed by atoms with Crippen LogP contribution in [0.15, 0.2) is 0 Å². The summed E-state index contributed by atoms with van der Waals surface area (Å²) in [6.07, 6.45) is 3.07. The lowest BCUT2D eigenvalue weighted by molar-refractivity contribution is -0.132. The van der Waals surface area contributed by atoms with E-state index in [1.165, 1.54) is 0 Å². The molecule has 1 rings (SSSR count). The van der Waals surface area contributed by atoms with Crippen LogP contribution >= 0.6 is 11.8 Å². The minimum Gasteiger partial charge on any atom is -0.345 e. The van der Waals surface area contributed by atoms with Crippen molar-refractivity contribution in [1.29, 1.82) is 0 Å². The summed E-state index contributed by atoms with van der Waals surface area (Å²) in [5.74, 6) is 1.39. The summed E-state index contributed by atoms with van der Waals surface area (Å²) in [5, 5.41) is 0. The van der Waals surface area contributed by atoms with E-state index in [4.69, 9.17) is 5.73 Å². The molecule has 1 aliphatic rings. The fraction of sp³-hybridized carbons (Fsp3) is 0.900. The van der Waals surface area contributed by atoms with Crippen molar-refractivity contribution in [2.45, 2.75) is 30.9 Å². The van der Waals surface area contributed by atoms with Crippen LogP contribution in [-0.4, -0.2) is 41.4 Å². The van der Waals surface area contributed by atoms with Gasteiger partial charge in [-0.25, -0.2) is 0 Å². The highest BCUT2D eigenvalue weighted by Gasteiger charge is 2.38. The second kappa shape index (κ2) is 5.03. The van der Waals surface area contributed by atoms with Crippen LogP contribution in [0.2, 0.25) is 0 Å². The van der Waals surface area contributed by atoms with Gasteiger partial charge >= 0.3 is 0 Å². The molecule has 82 valence electrons. The van der Waals surface area contributed by atoms with E-state index < -0.39 is 0 Å². The first-order chi connectivity index (χ1) is 6.60. The molecular formula is C10H20N2OS. The van der Waals surface area contributed by atoms with Gasteiger partial charge < -0.3 is 10.6 Å². The van der Waals surface area contributed by atoms with Gasteiger partial charge in [0.1, 0.15) is 0 Å². The van der Waals surface area contributed by atoms with Gasteiger partial charge in [-0.3, -0.25) is 4.79 Å². The van der Waals surface area contributed by atoms with Gasteiger partial charge in [0.15, 0.2) is 0 Å². The Kier molecular flexibility index (Phi) is 4.26. The van der Waals surface area contributed by atoms with Crippen molar-refractivity contribution in [1.82, 2.24) is 4.90 Å². The normalized spacial score (nSPS) is 26.5. The first-order valence-corrected chi connectivity index (χ1v) is 6.18. The minimum atomic E-state index is -0.163. The molecule has 1 unspecified atom stereocenters. The zero-order valence-electron chi connectivity index (χ0n) is 9.08. The van der Waals surface area contributed by atoms with Crippen molar-refractivity contribution < 1.29 is 4.79 Å². The van der Waals surface area contributed by atoms with Crippen LogP contribution in [0.4, 0.5) is 0 Å². The molecule has 1 fully saturated rings. The molecule has 14 heavy (non-hydrogen) atoms. The molecule has 1 atom stereocenters. The number of thioether (sulfide) groups is 1. The molecule has 0 spiro atoms. The van der Waals surface area contributed by atoms with Crippen LogP contribution in [0.3, 0.4) is 0 Å². The largest absolute Gasteiger partial charge is 0.345 e. The highest BCUT2D eigenvalue weighted by molar-refractivity contribution is 8.01. The molecule has 4 heteroatoms. The second-order valence-corrected chi connectivity index (χ2v) is 5.65. The summed E-state index contributed by atoms with van der Waals surface area (Å²) in [6, 6.07) is 0. The molecule has 0 saturated carbocycles. The third-order valence-electron chi connectivity index (χ3n) is 2.72. The van der Waals surface area contributed by atoms with E-state index in [-0.39, 0.29) is 10.7 Å². The SMILES string of the molecule is CN(CCCN)C(=O)C1(C)CCCS1. The Morgan fingerprint density at radius 2 is 2.36 bits per heavy atom. The Bertz CT molecular complexity index is 202. The van der Waals surface area contributed by atoms with Crippen molar-refractivity contribution in [3.8, 4) is 0 Å². The molecule has 2 N–H and O–H groups in total. The molecule has 0 radical (unpaired) electrons. The second-order valence-electron chi connectivity index (χ2n) is 4.05. The average molecular weight is 216 g/mol. The van der Waals surface area contributed by atoms with Gasteiger partial charge in [0.05, 0.1) is 4.75 Å². The Labute approximate surface area is 90.4 Å². The van der Waals surface area contributed by atoms with E-state index in [0.29, 0.717) is 6.54 Å². The fourth-order valence-corrected chi connectivity index (χ4v) is 3.09. The molecule has 0 bridgehead atoms. The number of hydrogen-bond donors (Lipinski definition) is 1. The van der Waals surface area contributed by atoms with Crippen molar-refractivity contribution >= 4 is 17.7 Å². The van der Waals surface area contributed by atoms with Gasteiger partial charge in [-0.2, -0.15) is 0 Å². The Balaban J connectivity index is 2.46. The van der Waals surface area contributed by atoms with Gasteiger partial charge in [0, 0.05) is 13.6 Å². The molecule has 1 amide bonds. The van der Waals surface area contributed by atoms with Gasteiger partial charge in [0.2, 0.25) is 5.91 Å². The van der Waals surface area contributed by atoms with Gasteiger partial charge in [-0.15, -0.1) is 11.8 Å². The van der Waals surface area contributed by atoms with E-state index in [1.807, 2.05) is 11.9 Å². The number of hydrogen-bond acceptors (Lipinski definition) is 3. The lowest BCUT2D eigenvalue weighted by Gasteiger charge is -2.28. The molecule has 3 nitrogen and oxygen atoms in total. The molecule has 1 aliphatic heterocycles. The molecule has 0 aromatic rings. The van der Waals surface area contributed by atoms with Gasteiger partial charge in [0.25, 0.3) is 0 Å². The van der Waals surface area contributed by atoms with Crippen molar-refractivity contribution in [2.24, 2.45) is 5.73 Å². The third-order valence-corrected chi connectivity index (χ3v) is 4.22. The predicted octanol–water partition coefficient (Wildman–Crippen LogP) is 1.08. The Hall–Kier alpha value is -0.220. The topological polar surface area (TPSA) is 46.3 Å². The van der Waals surface area contributed by atoms with Gasteiger partial charge in [-0.05, 0) is 38.5 Å². The molecule has 1 saturated heterocycles. The lowest BCUT2D eigenvalue weighted by atomic mass is 10.0. The summed E-state index contributed by atoms with van der Waals surface area (Å²) < 4.78 is -0.163. The quantitative estimate of drug-likeness (QED) is 0.765. The standard InChI is InChI=1S/C10H20N2OS/c1-10(5-3-8-14-10)9(13)12(2)7-4-6-11/h3-8,11H2,1-2H3. The third kappa shape index (κ3) is 2.64. The summed E-state index contributed by atoms with van der Waals surface area (Å²) >= 11 is 1.79. The molecule has 0 aliphatic carbocycles. The Morgan fingerprint density at radius 1 is 1.64 bits per heavy atom. The number of nitrogens with zero attached hydrogens (tertiary/aromatic N) is 1. The molecule has 1 heterocycles. The van der Waals surface area contributed by atoms with Gasteiger partial charge in [-0.1, -0.05) is 0 Å². The highest BCUT2D eigenvalue weighted by Crippen LogP contribution is 2.38. The minimum absolute atomic E-state index is 0.163. The predicted molar refractivity (Wildman–Crippen MR) is 61.4 cm³/mol. The Morgan fingerprint density at radius 3 is 2.86 bits per heavy atom. The van der Waals surface area contributed by atoms with Crippen molar-refractivity contribution in [3.05, 3.63) is 0 Å². The first-order valence-electron chi connectivity index (χ1n) is 5.20. The maximum atomic E-state index is 12.0. The highest BCUT2D eigenvalue weighted by atomic mass is 32.2. The number of nitrogens with two attached hydrogens (primary N) is 1. The number of amides is 1. The molecule has 0 aromatic carbocycles. The zero-order valence-corrected chi connectivity index (χ0v) is 9.90. The smallest absolute Gasteiger partial charge is 0.238 e. The van der Waals surface area contributed by atoms with Crippen LogP contribution in [0.25, 0.3) is 0 Å². The van der Waals surface area contributed by atoms with Crippen molar-refractivity contribution in [3.63, 3.8) is 0 Å². The number of carbonyl (C=O) groups excluding carboxylic acids is 1. The van der Waals surface area contributed by atoms with E-state index >= 15 is 0 Å². The lowest BCUT2D eigenvalue weighted by Crippen LogP contribution is -2.42. The number of rotatable bonds is 4. The monoisotopic (exact) mass is 216 g/mol. The summed E-state index contributed by atoms with van der Waals surface area (Å²) in [5.41, 5.74) is 5.42.